The minimum Gasteiger partial charge on any atom is -0.493 e. The summed E-state index contributed by atoms with van der Waals surface area (Å²) < 4.78 is 30.6. The van der Waals surface area contributed by atoms with E-state index in [1.165, 1.54) is 0 Å². The van der Waals surface area contributed by atoms with Crippen molar-refractivity contribution in [2.45, 2.75) is 44.9 Å². The number of piperidine rings is 1. The van der Waals surface area contributed by atoms with Crippen LogP contribution in [0.15, 0.2) is 24.3 Å². The Bertz CT molecular complexity index is 879. The molecule has 0 aromatic heterocycles. The van der Waals surface area contributed by atoms with Crippen molar-refractivity contribution < 1.29 is 22.7 Å². The topological polar surface area (TPSA) is 105 Å². The first-order chi connectivity index (χ1) is 14.8. The molecule has 0 bridgehead atoms. The van der Waals surface area contributed by atoms with Gasteiger partial charge in [0.15, 0.2) is 0 Å². The van der Waals surface area contributed by atoms with Gasteiger partial charge in [-0.05, 0) is 43.2 Å². The molecule has 8 nitrogen and oxygen atoms in total. The van der Waals surface area contributed by atoms with E-state index < -0.39 is 10.0 Å². The van der Waals surface area contributed by atoms with E-state index in [-0.39, 0.29) is 23.8 Å². The first-order valence-corrected chi connectivity index (χ1v) is 12.9. The normalized spacial score (nSPS) is 20.4. The van der Waals surface area contributed by atoms with Gasteiger partial charge in [0.05, 0.1) is 25.0 Å². The van der Waals surface area contributed by atoms with Crippen LogP contribution in [0.2, 0.25) is 0 Å². The summed E-state index contributed by atoms with van der Waals surface area (Å²) in [5.74, 6) is 0.275. The van der Waals surface area contributed by atoms with E-state index in [1.807, 2.05) is 18.2 Å². The summed E-state index contributed by atoms with van der Waals surface area (Å²) in [6, 6.07) is 7.33. The smallest absolute Gasteiger partial charge is 0.255 e. The quantitative estimate of drug-likeness (QED) is 0.731. The molecule has 0 unspecified atom stereocenters. The van der Waals surface area contributed by atoms with Gasteiger partial charge in [0.1, 0.15) is 5.75 Å². The summed E-state index contributed by atoms with van der Waals surface area (Å²) in [5.41, 5.74) is 0.497. The minimum atomic E-state index is -3.40. The van der Waals surface area contributed by atoms with E-state index in [0.717, 1.165) is 51.2 Å². The Morgan fingerprint density at radius 2 is 1.84 bits per heavy atom. The van der Waals surface area contributed by atoms with Gasteiger partial charge in [0, 0.05) is 19.6 Å². The van der Waals surface area contributed by atoms with Crippen LogP contribution < -0.4 is 14.8 Å². The molecule has 1 spiro atoms. The SMILES string of the molecule is CS(=O)(=O)NCC(=O)N1CCC2(CCCCCCOc3ccccc3C(=O)NC2)CC1. The summed E-state index contributed by atoms with van der Waals surface area (Å²) in [5, 5.41) is 3.11. The molecule has 172 valence electrons. The van der Waals surface area contributed by atoms with Crippen molar-refractivity contribution in [3.63, 3.8) is 0 Å². The Hall–Kier alpha value is -2.13. The summed E-state index contributed by atoms with van der Waals surface area (Å²) in [7, 11) is -3.40. The van der Waals surface area contributed by atoms with Crippen molar-refractivity contribution in [1.82, 2.24) is 14.9 Å². The second-order valence-electron chi connectivity index (χ2n) is 8.67. The van der Waals surface area contributed by atoms with Gasteiger partial charge in [-0.15, -0.1) is 0 Å². The third-order valence-electron chi connectivity index (χ3n) is 6.28. The zero-order chi connectivity index (χ0) is 22.3. The number of nitrogens with one attached hydrogen (secondary N) is 2. The molecule has 0 radical (unpaired) electrons. The third-order valence-corrected chi connectivity index (χ3v) is 6.95. The Labute approximate surface area is 184 Å². The van der Waals surface area contributed by atoms with Crippen molar-refractivity contribution in [3.8, 4) is 5.75 Å². The fraction of sp³-hybridized carbons (Fsp3) is 0.636. The average Bonchev–Trinajstić information content (AvgIpc) is 2.76. The van der Waals surface area contributed by atoms with Crippen LogP contribution in [-0.2, 0) is 14.8 Å². The average molecular weight is 452 g/mol. The monoisotopic (exact) mass is 451 g/mol. The molecule has 2 aliphatic rings. The Morgan fingerprint density at radius 3 is 2.58 bits per heavy atom. The number of carbonyl (C=O) groups is 2. The predicted molar refractivity (Wildman–Crippen MR) is 118 cm³/mol. The van der Waals surface area contributed by atoms with Crippen LogP contribution in [0.25, 0.3) is 0 Å². The van der Waals surface area contributed by atoms with Crippen LogP contribution in [0.1, 0.15) is 55.3 Å². The van der Waals surface area contributed by atoms with E-state index in [0.29, 0.717) is 37.6 Å². The molecule has 2 aliphatic heterocycles. The van der Waals surface area contributed by atoms with E-state index in [2.05, 4.69) is 10.0 Å². The lowest BCUT2D eigenvalue weighted by molar-refractivity contribution is -0.132. The number of hydrogen-bond donors (Lipinski definition) is 2. The van der Waals surface area contributed by atoms with Crippen molar-refractivity contribution in [1.29, 1.82) is 0 Å². The molecule has 2 heterocycles. The Morgan fingerprint density at radius 1 is 1.13 bits per heavy atom. The number of carbonyl (C=O) groups excluding carboxylic acids is 2. The number of amides is 2. The van der Waals surface area contributed by atoms with Crippen LogP contribution in [0.4, 0.5) is 0 Å². The molecule has 1 aromatic rings. The summed E-state index contributed by atoms with van der Waals surface area (Å²) in [6.07, 6.45) is 7.85. The van der Waals surface area contributed by atoms with Gasteiger partial charge in [0.25, 0.3) is 5.91 Å². The number of nitrogens with zero attached hydrogens (tertiary/aromatic N) is 1. The largest absolute Gasteiger partial charge is 0.493 e. The Balaban J connectivity index is 1.65. The maximum absolute atomic E-state index is 12.9. The van der Waals surface area contributed by atoms with Gasteiger partial charge in [-0.3, -0.25) is 9.59 Å². The van der Waals surface area contributed by atoms with E-state index in [4.69, 9.17) is 4.74 Å². The first-order valence-electron chi connectivity index (χ1n) is 11.0. The van der Waals surface area contributed by atoms with Crippen molar-refractivity contribution >= 4 is 21.8 Å². The number of para-hydroxylation sites is 1. The van der Waals surface area contributed by atoms with Gasteiger partial charge in [-0.1, -0.05) is 31.4 Å². The predicted octanol–water partition coefficient (Wildman–Crippen LogP) is 1.92. The second kappa shape index (κ2) is 10.5. The van der Waals surface area contributed by atoms with E-state index in [1.54, 1.807) is 11.0 Å². The van der Waals surface area contributed by atoms with Gasteiger partial charge < -0.3 is 15.0 Å². The van der Waals surface area contributed by atoms with E-state index in [9.17, 15) is 18.0 Å². The molecule has 3 rings (SSSR count). The highest BCUT2D eigenvalue weighted by Gasteiger charge is 2.36. The highest BCUT2D eigenvalue weighted by Crippen LogP contribution is 2.37. The number of hydrogen-bond acceptors (Lipinski definition) is 5. The summed E-state index contributed by atoms with van der Waals surface area (Å²) in [4.78, 5) is 26.9. The number of likely N-dealkylation sites (tertiary alicyclic amines) is 1. The van der Waals surface area contributed by atoms with Crippen LogP contribution in [-0.4, -0.2) is 64.2 Å². The lowest BCUT2D eigenvalue weighted by atomic mass is 9.74. The lowest BCUT2D eigenvalue weighted by Gasteiger charge is -2.42. The number of sulfonamides is 1. The second-order valence-corrected chi connectivity index (χ2v) is 10.5. The molecule has 0 atom stereocenters. The molecule has 1 saturated heterocycles. The molecular formula is C22H33N3O5S. The molecule has 0 aliphatic carbocycles. The number of ether oxygens (including phenoxy) is 1. The van der Waals surface area contributed by atoms with Gasteiger partial charge in [0.2, 0.25) is 15.9 Å². The third kappa shape index (κ3) is 6.93. The summed E-state index contributed by atoms with van der Waals surface area (Å²) >= 11 is 0. The summed E-state index contributed by atoms with van der Waals surface area (Å²) in [6.45, 7) is 2.09. The van der Waals surface area contributed by atoms with Crippen LogP contribution in [0.5, 0.6) is 5.75 Å². The van der Waals surface area contributed by atoms with Gasteiger partial charge in [-0.25, -0.2) is 13.1 Å². The van der Waals surface area contributed by atoms with E-state index >= 15 is 0 Å². The zero-order valence-electron chi connectivity index (χ0n) is 18.2. The molecule has 2 amide bonds. The molecule has 0 saturated carbocycles. The molecule has 2 N–H and O–H groups in total. The molecule has 9 heteroatoms. The molecule has 1 aromatic carbocycles. The highest BCUT2D eigenvalue weighted by molar-refractivity contribution is 7.88. The number of fused-ring (bicyclic) bond motifs is 1. The van der Waals surface area contributed by atoms with Crippen LogP contribution in [0.3, 0.4) is 0 Å². The van der Waals surface area contributed by atoms with Crippen molar-refractivity contribution in [2.24, 2.45) is 5.41 Å². The standard InChI is InChI=1S/C22H33N3O5S/c1-31(28,29)24-16-20(26)25-13-11-22(12-14-25)10-6-2-3-7-15-30-19-9-5-4-8-18(19)21(27)23-17-22/h4-5,8-9,24H,2-3,6-7,10-17H2,1H3,(H,23,27). The lowest BCUT2D eigenvalue weighted by Crippen LogP contribution is -2.50. The maximum atomic E-state index is 12.9. The van der Waals surface area contributed by atoms with Gasteiger partial charge in [-0.2, -0.15) is 0 Å². The van der Waals surface area contributed by atoms with Gasteiger partial charge >= 0.3 is 0 Å². The molecule has 1 fully saturated rings. The maximum Gasteiger partial charge on any atom is 0.255 e. The number of rotatable bonds is 3. The molecular weight excluding hydrogens is 418 g/mol. The molecule has 31 heavy (non-hydrogen) atoms. The van der Waals surface area contributed by atoms with Crippen LogP contribution in [0, 0.1) is 5.41 Å². The zero-order valence-corrected chi connectivity index (χ0v) is 19.0. The van der Waals surface area contributed by atoms with Crippen molar-refractivity contribution in [2.75, 3.05) is 39.0 Å². The fourth-order valence-electron chi connectivity index (χ4n) is 4.33. The first kappa shape index (κ1) is 23.5. The fourth-order valence-corrected chi connectivity index (χ4v) is 4.72. The minimum absolute atomic E-state index is 0.0550. The van der Waals surface area contributed by atoms with Crippen molar-refractivity contribution in [3.05, 3.63) is 29.8 Å². The Kier molecular flexibility index (Phi) is 7.94. The van der Waals surface area contributed by atoms with Crippen LogP contribution >= 0.6 is 0 Å². The highest BCUT2D eigenvalue weighted by atomic mass is 32.2. The number of benzene rings is 1.